The van der Waals surface area contributed by atoms with Crippen LogP contribution in [0, 0.1) is 0 Å². The van der Waals surface area contributed by atoms with Crippen molar-refractivity contribution in [2.45, 2.75) is 161 Å². The van der Waals surface area contributed by atoms with Crippen molar-refractivity contribution in [3.05, 3.63) is 12.7 Å². The van der Waals surface area contributed by atoms with Gasteiger partial charge in [-0.1, -0.05) is 149 Å². The molecule has 0 heterocycles. The van der Waals surface area contributed by atoms with Gasteiger partial charge in [0.15, 0.2) is 0 Å². The zero-order chi connectivity index (χ0) is 27.9. The molecule has 0 saturated carbocycles. The predicted molar refractivity (Wildman–Crippen MR) is 166 cm³/mol. The van der Waals surface area contributed by atoms with Crippen LogP contribution < -0.4 is 18.1 Å². The standard InChI is InChI=1S/C22H46.C11H25N2O2.ClH/c1-3-5-7-9-11-13-15-17-19-21-22-20-18-16-14-12-10-8-6-4-2;1-3-7-13(2,8-5-4-6-12)9-11(15)10-14;/h3-22H2,1-2H3;3,11,14-15H,1,4-10,12H2,2H3;1H/q;+1;/p-1. The summed E-state index contributed by atoms with van der Waals surface area (Å²) in [6.45, 7) is 11.2. The molecule has 5 heteroatoms. The maximum absolute atomic E-state index is 9.45. The molecule has 0 aliphatic heterocycles. The van der Waals surface area contributed by atoms with Gasteiger partial charge in [0.05, 0.1) is 26.7 Å². The summed E-state index contributed by atoms with van der Waals surface area (Å²) < 4.78 is 0.714. The van der Waals surface area contributed by atoms with Crippen molar-refractivity contribution in [3.8, 4) is 0 Å². The van der Waals surface area contributed by atoms with Crippen LogP contribution in [0.4, 0.5) is 0 Å². The highest BCUT2D eigenvalue weighted by Crippen LogP contribution is 2.14. The van der Waals surface area contributed by atoms with Crippen LogP contribution >= 0.6 is 0 Å². The topological polar surface area (TPSA) is 66.5 Å². The molecule has 2 unspecified atom stereocenters. The summed E-state index contributed by atoms with van der Waals surface area (Å²) >= 11 is 0. The minimum absolute atomic E-state index is 0. The number of unbranched alkanes of at least 4 members (excludes halogenated alkanes) is 20. The lowest BCUT2D eigenvalue weighted by atomic mass is 10.0. The Morgan fingerprint density at radius 1 is 0.658 bits per heavy atom. The van der Waals surface area contributed by atoms with Crippen LogP contribution in [-0.4, -0.2) is 60.6 Å². The van der Waals surface area contributed by atoms with E-state index in [9.17, 15) is 5.11 Å². The van der Waals surface area contributed by atoms with Crippen molar-refractivity contribution >= 4 is 0 Å². The summed E-state index contributed by atoms with van der Waals surface area (Å²) in [6.07, 6.45) is 32.7. The summed E-state index contributed by atoms with van der Waals surface area (Å²) in [7, 11) is 2.07. The minimum Gasteiger partial charge on any atom is -1.00 e. The number of halogens is 1. The van der Waals surface area contributed by atoms with E-state index >= 15 is 0 Å². The van der Waals surface area contributed by atoms with Gasteiger partial charge in [-0.2, -0.15) is 0 Å². The molecular weight excluding hydrogens is 492 g/mol. The number of hydrogen-bond donors (Lipinski definition) is 3. The molecule has 4 N–H and O–H groups in total. The highest BCUT2D eigenvalue weighted by atomic mass is 35.5. The van der Waals surface area contributed by atoms with Gasteiger partial charge < -0.3 is 32.8 Å². The van der Waals surface area contributed by atoms with E-state index in [0.717, 1.165) is 25.9 Å². The smallest absolute Gasteiger partial charge is 0.126 e. The minimum atomic E-state index is -0.646. The number of nitrogens with zero attached hydrogens (tertiary/aromatic N) is 1. The molecule has 0 saturated heterocycles. The molecule has 0 rings (SSSR count). The van der Waals surface area contributed by atoms with Crippen molar-refractivity contribution in [2.75, 3.05) is 39.8 Å². The number of aliphatic hydroxyl groups is 2. The second-order valence-electron chi connectivity index (χ2n) is 11.7. The predicted octanol–water partition coefficient (Wildman–Crippen LogP) is 5.54. The number of quaternary nitrogens is 1. The molecule has 0 aromatic rings. The first-order valence-electron chi connectivity index (χ1n) is 16.4. The quantitative estimate of drug-likeness (QED) is 0.0666. The lowest BCUT2D eigenvalue weighted by molar-refractivity contribution is -0.907. The van der Waals surface area contributed by atoms with Gasteiger partial charge in [0.2, 0.25) is 0 Å². The van der Waals surface area contributed by atoms with E-state index in [2.05, 4.69) is 27.5 Å². The molecule has 0 aliphatic rings. The molecule has 0 bridgehead atoms. The average molecular weight is 563 g/mol. The second-order valence-corrected chi connectivity index (χ2v) is 11.7. The van der Waals surface area contributed by atoms with Gasteiger partial charge in [-0.3, -0.25) is 0 Å². The summed E-state index contributed by atoms with van der Waals surface area (Å²) in [5.74, 6) is 0. The molecule has 0 spiro atoms. The third-order valence-electron chi connectivity index (χ3n) is 7.54. The maximum Gasteiger partial charge on any atom is 0.126 e. The van der Waals surface area contributed by atoms with E-state index in [1.54, 1.807) is 0 Å². The van der Waals surface area contributed by atoms with E-state index in [4.69, 9.17) is 10.8 Å². The lowest BCUT2D eigenvalue weighted by Gasteiger charge is -2.35. The van der Waals surface area contributed by atoms with E-state index in [-0.39, 0.29) is 19.0 Å². The molecule has 0 aromatic heterocycles. The Morgan fingerprint density at radius 3 is 1.26 bits per heavy atom. The molecule has 0 fully saturated rings. The molecule has 0 aromatic carbocycles. The molecule has 2 atom stereocenters. The Hall–Kier alpha value is -0.130. The SMILES string of the molecule is C=CC[N+](C)(CCCCN)CC(O)CO.CCCCCCCCCCCCCCCCCCCCCC.[Cl-]. The van der Waals surface area contributed by atoms with Crippen LogP contribution in [0.5, 0.6) is 0 Å². The molecule has 0 amide bonds. The first kappa shape index (κ1) is 42.3. The Balaban J connectivity index is -0.000000672. The number of nitrogens with two attached hydrogens (primary N) is 1. The van der Waals surface area contributed by atoms with Gasteiger partial charge in [-0.05, 0) is 25.5 Å². The highest BCUT2D eigenvalue weighted by molar-refractivity contribution is 4.67. The summed E-state index contributed by atoms with van der Waals surface area (Å²) in [5.41, 5.74) is 5.44. The van der Waals surface area contributed by atoms with Crippen molar-refractivity contribution in [1.29, 1.82) is 0 Å². The van der Waals surface area contributed by atoms with Crippen molar-refractivity contribution in [2.24, 2.45) is 5.73 Å². The number of likely N-dealkylation sites (N-methyl/N-ethyl adjacent to an activating group) is 1. The lowest BCUT2D eigenvalue weighted by Crippen LogP contribution is -3.00. The summed E-state index contributed by atoms with van der Waals surface area (Å²) in [4.78, 5) is 0. The van der Waals surface area contributed by atoms with Crippen LogP contribution in [0.15, 0.2) is 12.7 Å². The maximum atomic E-state index is 9.45. The van der Waals surface area contributed by atoms with E-state index in [1.165, 1.54) is 128 Å². The third kappa shape index (κ3) is 33.9. The van der Waals surface area contributed by atoms with Gasteiger partial charge in [0.1, 0.15) is 12.6 Å². The Labute approximate surface area is 246 Å². The molecule has 38 heavy (non-hydrogen) atoms. The zero-order valence-corrected chi connectivity index (χ0v) is 27.0. The van der Waals surface area contributed by atoms with Gasteiger partial charge in [0.25, 0.3) is 0 Å². The fourth-order valence-corrected chi connectivity index (χ4v) is 5.10. The first-order chi connectivity index (χ1) is 18.0. The van der Waals surface area contributed by atoms with Crippen LogP contribution in [0.1, 0.15) is 155 Å². The number of hydrogen-bond acceptors (Lipinski definition) is 3. The Morgan fingerprint density at radius 2 is 1.00 bits per heavy atom. The number of rotatable bonds is 28. The zero-order valence-electron chi connectivity index (χ0n) is 26.3. The number of aliphatic hydroxyl groups excluding tert-OH is 2. The Bertz CT molecular complexity index is 419. The second kappa shape index (κ2) is 34.9. The summed E-state index contributed by atoms with van der Waals surface area (Å²) in [5, 5.41) is 18.3. The molecular formula is C33H71ClN2O2. The van der Waals surface area contributed by atoms with Crippen molar-refractivity contribution in [3.63, 3.8) is 0 Å². The van der Waals surface area contributed by atoms with E-state index in [1.807, 2.05) is 6.08 Å². The Kier molecular flexibility index (Phi) is 38.9. The third-order valence-corrected chi connectivity index (χ3v) is 7.54. The van der Waals surface area contributed by atoms with Gasteiger partial charge in [-0.15, -0.1) is 0 Å². The fraction of sp³-hybridized carbons (Fsp3) is 0.939. The highest BCUT2D eigenvalue weighted by Gasteiger charge is 2.23. The van der Waals surface area contributed by atoms with Crippen molar-refractivity contribution < 1.29 is 27.1 Å². The molecule has 4 nitrogen and oxygen atoms in total. The monoisotopic (exact) mass is 563 g/mol. The van der Waals surface area contributed by atoms with Gasteiger partial charge >= 0.3 is 0 Å². The van der Waals surface area contributed by atoms with Crippen LogP contribution in [-0.2, 0) is 0 Å². The first-order valence-corrected chi connectivity index (χ1v) is 16.4. The summed E-state index contributed by atoms with van der Waals surface area (Å²) in [6, 6.07) is 0. The van der Waals surface area contributed by atoms with Crippen molar-refractivity contribution in [1.82, 2.24) is 0 Å². The van der Waals surface area contributed by atoms with Crippen LogP contribution in [0.25, 0.3) is 0 Å². The molecule has 0 aliphatic carbocycles. The van der Waals surface area contributed by atoms with Crippen LogP contribution in [0.3, 0.4) is 0 Å². The van der Waals surface area contributed by atoms with E-state index in [0.29, 0.717) is 17.6 Å². The normalized spacial score (nSPS) is 13.2. The molecule has 232 valence electrons. The van der Waals surface area contributed by atoms with Gasteiger partial charge in [-0.25, -0.2) is 0 Å². The van der Waals surface area contributed by atoms with Gasteiger partial charge in [0, 0.05) is 0 Å². The fourth-order valence-electron chi connectivity index (χ4n) is 5.10. The molecule has 0 radical (unpaired) electrons. The van der Waals surface area contributed by atoms with E-state index < -0.39 is 6.10 Å². The largest absolute Gasteiger partial charge is 1.00 e. The van der Waals surface area contributed by atoms with Crippen LogP contribution in [0.2, 0.25) is 0 Å². The average Bonchev–Trinajstić information content (AvgIpc) is 2.88.